The molecule has 5 nitrogen and oxygen atoms in total. The minimum atomic E-state index is -0.468. The van der Waals surface area contributed by atoms with E-state index in [0.29, 0.717) is 12.5 Å². The molecule has 20 heavy (non-hydrogen) atoms. The Morgan fingerprint density at radius 1 is 1.40 bits per heavy atom. The van der Waals surface area contributed by atoms with E-state index < -0.39 is 5.60 Å². The Hall–Kier alpha value is -1.49. The van der Waals surface area contributed by atoms with Gasteiger partial charge in [-0.25, -0.2) is 4.79 Å². The Labute approximate surface area is 121 Å². The van der Waals surface area contributed by atoms with Crippen LogP contribution in [0.25, 0.3) is 0 Å². The molecule has 1 rings (SSSR count). The third kappa shape index (κ3) is 6.61. The molecule has 0 saturated carbocycles. The highest BCUT2D eigenvalue weighted by molar-refractivity contribution is 5.68. The van der Waals surface area contributed by atoms with Gasteiger partial charge in [0.05, 0.1) is 0 Å². The second-order valence-corrected chi connectivity index (χ2v) is 6.35. The van der Waals surface area contributed by atoms with E-state index in [1.54, 1.807) is 0 Å². The normalized spacial score (nSPS) is 13.3. The van der Waals surface area contributed by atoms with Crippen LogP contribution in [-0.2, 0) is 11.3 Å². The molecule has 5 heteroatoms. The summed E-state index contributed by atoms with van der Waals surface area (Å²) in [5.41, 5.74) is 0.731. The lowest BCUT2D eigenvalue weighted by atomic mass is 10.0. The predicted molar refractivity (Wildman–Crippen MR) is 80.5 cm³/mol. The highest BCUT2D eigenvalue weighted by atomic mass is 16.6. The molecule has 114 valence electrons. The summed E-state index contributed by atoms with van der Waals surface area (Å²) in [5.74, 6) is 0.334. The molecule has 0 aliphatic heterocycles. The number of ether oxygens (including phenoxy) is 1. The molecule has 0 bridgehead atoms. The summed E-state index contributed by atoms with van der Waals surface area (Å²) in [6.45, 7) is 11.2. The van der Waals surface area contributed by atoms with Crippen molar-refractivity contribution in [2.24, 2.45) is 5.92 Å². The minimum Gasteiger partial charge on any atom is -0.444 e. The van der Waals surface area contributed by atoms with E-state index in [-0.39, 0.29) is 12.1 Å². The van der Waals surface area contributed by atoms with Gasteiger partial charge in [-0.3, -0.25) is 0 Å². The first-order chi connectivity index (χ1) is 9.28. The third-order valence-corrected chi connectivity index (χ3v) is 2.86. The molecule has 0 fully saturated rings. The van der Waals surface area contributed by atoms with E-state index >= 15 is 0 Å². The van der Waals surface area contributed by atoms with Crippen LogP contribution in [-0.4, -0.2) is 29.3 Å². The summed E-state index contributed by atoms with van der Waals surface area (Å²) in [6.07, 6.45) is 3.49. The van der Waals surface area contributed by atoms with Gasteiger partial charge in [-0.05, 0) is 38.3 Å². The Balaban J connectivity index is 2.38. The van der Waals surface area contributed by atoms with Crippen molar-refractivity contribution < 1.29 is 9.53 Å². The third-order valence-electron chi connectivity index (χ3n) is 2.86. The quantitative estimate of drug-likeness (QED) is 0.751. The first kappa shape index (κ1) is 16.6. The lowest BCUT2D eigenvalue weighted by molar-refractivity contribution is 0.0490. The van der Waals surface area contributed by atoms with Gasteiger partial charge < -0.3 is 20.4 Å². The SMILES string of the molecule is CC(C)C(CNCc1cc[nH]c1)NC(=O)OC(C)(C)C. The van der Waals surface area contributed by atoms with Gasteiger partial charge in [0.2, 0.25) is 0 Å². The molecule has 1 atom stereocenters. The Bertz CT molecular complexity index is 394. The number of H-pyrrole nitrogens is 1. The molecule has 0 radical (unpaired) electrons. The molecule has 0 spiro atoms. The van der Waals surface area contributed by atoms with Crippen molar-refractivity contribution >= 4 is 6.09 Å². The molecule has 0 aliphatic carbocycles. The van der Waals surface area contributed by atoms with Gasteiger partial charge in [0.1, 0.15) is 5.60 Å². The van der Waals surface area contributed by atoms with E-state index in [1.807, 2.05) is 39.2 Å². The van der Waals surface area contributed by atoms with Gasteiger partial charge in [-0.1, -0.05) is 13.8 Å². The number of nitrogens with one attached hydrogen (secondary N) is 3. The standard InChI is InChI=1S/C15H27N3O2/c1-11(2)13(18-14(19)20-15(3,4)5)10-17-9-12-6-7-16-8-12/h6-8,11,13,16-17H,9-10H2,1-5H3,(H,18,19). The van der Waals surface area contributed by atoms with E-state index in [4.69, 9.17) is 4.74 Å². The molecule has 0 aromatic carbocycles. The predicted octanol–water partition coefficient (Wildman–Crippen LogP) is 2.65. The molecule has 1 amide bonds. The monoisotopic (exact) mass is 281 g/mol. The van der Waals surface area contributed by atoms with Crippen LogP contribution in [0.2, 0.25) is 0 Å². The number of aromatic amines is 1. The number of amides is 1. The number of carbonyl (C=O) groups is 1. The number of rotatable bonds is 6. The average molecular weight is 281 g/mol. The molecular weight excluding hydrogens is 254 g/mol. The zero-order chi connectivity index (χ0) is 15.2. The average Bonchev–Trinajstić information content (AvgIpc) is 2.77. The van der Waals surface area contributed by atoms with Gasteiger partial charge in [0.15, 0.2) is 0 Å². The van der Waals surface area contributed by atoms with Gasteiger partial charge in [-0.15, -0.1) is 0 Å². The van der Waals surface area contributed by atoms with Crippen molar-refractivity contribution in [3.63, 3.8) is 0 Å². The number of alkyl carbamates (subject to hydrolysis) is 1. The van der Waals surface area contributed by atoms with Crippen molar-refractivity contribution in [3.8, 4) is 0 Å². The maximum Gasteiger partial charge on any atom is 0.407 e. The van der Waals surface area contributed by atoms with E-state index in [9.17, 15) is 4.79 Å². The number of hydrogen-bond donors (Lipinski definition) is 3. The molecule has 0 saturated heterocycles. The number of hydrogen-bond acceptors (Lipinski definition) is 3. The molecule has 1 aromatic rings. The van der Waals surface area contributed by atoms with Gasteiger partial charge in [-0.2, -0.15) is 0 Å². The number of aromatic nitrogens is 1. The summed E-state index contributed by atoms with van der Waals surface area (Å²) in [4.78, 5) is 14.8. The van der Waals surface area contributed by atoms with Crippen LogP contribution in [0.5, 0.6) is 0 Å². The second kappa shape index (κ2) is 7.33. The fourth-order valence-corrected chi connectivity index (χ4v) is 1.75. The summed E-state index contributed by atoms with van der Waals surface area (Å²) >= 11 is 0. The van der Waals surface area contributed by atoms with Crippen LogP contribution in [0.15, 0.2) is 18.5 Å². The smallest absolute Gasteiger partial charge is 0.407 e. The van der Waals surface area contributed by atoms with E-state index in [2.05, 4.69) is 29.5 Å². The highest BCUT2D eigenvalue weighted by Gasteiger charge is 2.21. The fourth-order valence-electron chi connectivity index (χ4n) is 1.75. The molecule has 0 aliphatic rings. The Morgan fingerprint density at radius 3 is 2.60 bits per heavy atom. The van der Waals surface area contributed by atoms with Gasteiger partial charge in [0, 0.05) is 31.5 Å². The largest absolute Gasteiger partial charge is 0.444 e. The lowest BCUT2D eigenvalue weighted by Gasteiger charge is -2.26. The van der Waals surface area contributed by atoms with Crippen LogP contribution < -0.4 is 10.6 Å². The van der Waals surface area contributed by atoms with Crippen molar-refractivity contribution in [1.82, 2.24) is 15.6 Å². The fraction of sp³-hybridized carbons (Fsp3) is 0.667. The van der Waals surface area contributed by atoms with Crippen molar-refractivity contribution in [1.29, 1.82) is 0 Å². The topological polar surface area (TPSA) is 66.2 Å². The number of carbonyl (C=O) groups excluding carboxylic acids is 1. The van der Waals surface area contributed by atoms with E-state index in [1.165, 1.54) is 5.56 Å². The van der Waals surface area contributed by atoms with Crippen LogP contribution in [0, 0.1) is 5.92 Å². The first-order valence-electron chi connectivity index (χ1n) is 7.10. The summed E-state index contributed by atoms with van der Waals surface area (Å²) in [7, 11) is 0. The Kier molecular flexibility index (Phi) is 6.07. The lowest BCUT2D eigenvalue weighted by Crippen LogP contribution is -2.46. The molecular formula is C15H27N3O2. The van der Waals surface area contributed by atoms with Crippen LogP contribution in [0.3, 0.4) is 0 Å². The van der Waals surface area contributed by atoms with Crippen molar-refractivity contribution in [2.45, 2.75) is 52.8 Å². The highest BCUT2D eigenvalue weighted by Crippen LogP contribution is 2.08. The molecule has 1 heterocycles. The van der Waals surface area contributed by atoms with Crippen molar-refractivity contribution in [3.05, 3.63) is 24.0 Å². The minimum absolute atomic E-state index is 0.0452. The van der Waals surface area contributed by atoms with Crippen molar-refractivity contribution in [2.75, 3.05) is 6.54 Å². The molecule has 1 unspecified atom stereocenters. The maximum absolute atomic E-state index is 11.8. The van der Waals surface area contributed by atoms with Crippen LogP contribution in [0.1, 0.15) is 40.2 Å². The van der Waals surface area contributed by atoms with Gasteiger partial charge >= 0.3 is 6.09 Å². The van der Waals surface area contributed by atoms with E-state index in [0.717, 1.165) is 6.54 Å². The molecule has 1 aromatic heterocycles. The second-order valence-electron chi connectivity index (χ2n) is 6.35. The first-order valence-corrected chi connectivity index (χ1v) is 7.10. The van der Waals surface area contributed by atoms with Crippen LogP contribution >= 0.6 is 0 Å². The zero-order valence-electron chi connectivity index (χ0n) is 13.1. The zero-order valence-corrected chi connectivity index (χ0v) is 13.1. The Morgan fingerprint density at radius 2 is 2.10 bits per heavy atom. The maximum atomic E-state index is 11.8. The summed E-state index contributed by atoms with van der Waals surface area (Å²) in [6, 6.07) is 2.07. The summed E-state index contributed by atoms with van der Waals surface area (Å²) < 4.78 is 5.29. The van der Waals surface area contributed by atoms with Gasteiger partial charge in [0.25, 0.3) is 0 Å². The summed E-state index contributed by atoms with van der Waals surface area (Å²) in [5, 5.41) is 6.27. The molecule has 3 N–H and O–H groups in total. The van der Waals surface area contributed by atoms with Crippen LogP contribution in [0.4, 0.5) is 4.79 Å².